The topological polar surface area (TPSA) is 99.6 Å². The summed E-state index contributed by atoms with van der Waals surface area (Å²) in [6.07, 6.45) is -1.47. The van der Waals surface area contributed by atoms with Crippen molar-refractivity contribution in [1.29, 1.82) is 0 Å². The molecule has 0 aliphatic heterocycles. The molecule has 6 heteroatoms. The molecule has 0 radical (unpaired) electrons. The van der Waals surface area contributed by atoms with Crippen molar-refractivity contribution >= 4 is 16.9 Å². The fraction of sp³-hybridized carbons (Fsp3) is 0.286. The van der Waals surface area contributed by atoms with Gasteiger partial charge in [0, 0.05) is 23.2 Å². The van der Waals surface area contributed by atoms with Gasteiger partial charge in [-0.05, 0) is 6.07 Å². The molecule has 2 rings (SSSR count). The van der Waals surface area contributed by atoms with Crippen molar-refractivity contribution in [3.63, 3.8) is 0 Å². The van der Waals surface area contributed by atoms with E-state index in [9.17, 15) is 19.8 Å². The molecular weight excluding hydrogens is 262 g/mol. The monoisotopic (exact) mass is 277 g/mol. The van der Waals surface area contributed by atoms with Gasteiger partial charge >= 0.3 is 5.97 Å². The summed E-state index contributed by atoms with van der Waals surface area (Å²) in [5, 5.41) is 20.4. The van der Waals surface area contributed by atoms with Crippen molar-refractivity contribution in [3.8, 4) is 0 Å². The molecule has 0 aliphatic rings. The first-order chi connectivity index (χ1) is 9.54. The number of ether oxygens (including phenoxy) is 1. The maximum absolute atomic E-state index is 11.7. The normalized spacial score (nSPS) is 13.9. The second-order valence-electron chi connectivity index (χ2n) is 4.40. The lowest BCUT2D eigenvalue weighted by molar-refractivity contribution is -0.144. The number of methoxy groups -OCH3 is 1. The number of nitrogens with one attached hydrogen (secondary N) is 1. The third kappa shape index (κ3) is 2.71. The van der Waals surface area contributed by atoms with Crippen LogP contribution < -0.4 is 5.43 Å². The van der Waals surface area contributed by atoms with E-state index in [0.29, 0.717) is 16.5 Å². The summed E-state index contributed by atoms with van der Waals surface area (Å²) in [4.78, 5) is 25.7. The fourth-order valence-electron chi connectivity index (χ4n) is 2.05. The Balaban J connectivity index is 2.40. The number of aliphatic hydroxyl groups excluding tert-OH is 2. The van der Waals surface area contributed by atoms with Gasteiger partial charge in [0.2, 0.25) is 0 Å². The van der Waals surface area contributed by atoms with Crippen LogP contribution >= 0.6 is 0 Å². The minimum Gasteiger partial charge on any atom is -0.469 e. The number of aromatic amines is 1. The van der Waals surface area contributed by atoms with Crippen LogP contribution in [0.2, 0.25) is 0 Å². The Morgan fingerprint density at radius 1 is 1.35 bits per heavy atom. The molecular formula is C14H15NO5. The molecule has 0 amide bonds. The number of carbonyl (C=O) groups excluding carboxylic acids is 1. The molecule has 2 atom stereocenters. The van der Waals surface area contributed by atoms with Crippen LogP contribution in [0.15, 0.2) is 35.3 Å². The Hall–Kier alpha value is -2.18. The predicted molar refractivity (Wildman–Crippen MR) is 72.2 cm³/mol. The van der Waals surface area contributed by atoms with Gasteiger partial charge in [-0.1, -0.05) is 12.1 Å². The quantitative estimate of drug-likeness (QED) is 0.706. The first-order valence-electron chi connectivity index (χ1n) is 6.08. The number of H-pyrrole nitrogens is 1. The Bertz CT molecular complexity index is 679. The maximum atomic E-state index is 11.7. The van der Waals surface area contributed by atoms with E-state index in [1.165, 1.54) is 19.4 Å². The van der Waals surface area contributed by atoms with E-state index in [2.05, 4.69) is 9.72 Å². The zero-order chi connectivity index (χ0) is 14.7. The van der Waals surface area contributed by atoms with Gasteiger partial charge in [-0.15, -0.1) is 0 Å². The fourth-order valence-corrected chi connectivity index (χ4v) is 2.05. The van der Waals surface area contributed by atoms with Crippen molar-refractivity contribution < 1.29 is 19.7 Å². The van der Waals surface area contributed by atoms with Gasteiger partial charge in [-0.2, -0.15) is 0 Å². The number of rotatable bonds is 4. The molecule has 6 nitrogen and oxygen atoms in total. The summed E-state index contributed by atoms with van der Waals surface area (Å²) in [6, 6.07) is 6.20. The Kier molecular flexibility index (Phi) is 4.16. The summed E-state index contributed by atoms with van der Waals surface area (Å²) < 4.78 is 4.45. The van der Waals surface area contributed by atoms with Crippen molar-refractivity contribution in [2.45, 2.75) is 18.6 Å². The van der Waals surface area contributed by atoms with Gasteiger partial charge in [0.25, 0.3) is 0 Å². The standard InChI is InChI=1S/C14H15NO5/c1-20-12(18)7-11(17)14(19)9-4-2-3-8-10(16)5-6-15-13(8)9/h2-6,11,14,17,19H,7H2,1H3,(H,15,16). The molecule has 3 N–H and O–H groups in total. The van der Waals surface area contributed by atoms with Crippen molar-refractivity contribution in [1.82, 2.24) is 4.98 Å². The molecule has 2 unspecified atom stereocenters. The maximum Gasteiger partial charge on any atom is 0.308 e. The van der Waals surface area contributed by atoms with E-state index < -0.39 is 18.2 Å². The number of aromatic nitrogens is 1. The van der Waals surface area contributed by atoms with Gasteiger partial charge in [-0.3, -0.25) is 9.59 Å². The van der Waals surface area contributed by atoms with E-state index in [1.54, 1.807) is 18.2 Å². The number of esters is 1. The lowest BCUT2D eigenvalue weighted by Crippen LogP contribution is -2.23. The summed E-state index contributed by atoms with van der Waals surface area (Å²) >= 11 is 0. The Morgan fingerprint density at radius 3 is 2.80 bits per heavy atom. The minimum atomic E-state index is -1.31. The SMILES string of the molecule is COC(=O)CC(O)C(O)c1cccc2c(=O)cc[nH]c12. The van der Waals surface area contributed by atoms with Crippen molar-refractivity contribution in [2.75, 3.05) is 7.11 Å². The Morgan fingerprint density at radius 2 is 2.10 bits per heavy atom. The van der Waals surface area contributed by atoms with Crippen LogP contribution in [0.3, 0.4) is 0 Å². The molecule has 20 heavy (non-hydrogen) atoms. The molecule has 0 bridgehead atoms. The summed E-state index contributed by atoms with van der Waals surface area (Å²) in [6.45, 7) is 0. The zero-order valence-electron chi connectivity index (χ0n) is 10.9. The second-order valence-corrected chi connectivity index (χ2v) is 4.40. The molecule has 1 aromatic carbocycles. The summed E-state index contributed by atoms with van der Waals surface area (Å²) in [7, 11) is 1.21. The van der Waals surface area contributed by atoms with Gasteiger partial charge < -0.3 is 19.9 Å². The number of benzene rings is 1. The van der Waals surface area contributed by atoms with E-state index >= 15 is 0 Å². The molecule has 0 spiro atoms. The van der Waals surface area contributed by atoms with E-state index in [0.717, 1.165) is 0 Å². The predicted octanol–water partition coefficient (Wildman–Crippen LogP) is 0.486. The van der Waals surface area contributed by atoms with Crippen LogP contribution in [0.25, 0.3) is 10.9 Å². The number of fused-ring (bicyclic) bond motifs is 1. The zero-order valence-corrected chi connectivity index (χ0v) is 10.9. The lowest BCUT2D eigenvalue weighted by Gasteiger charge is -2.18. The van der Waals surface area contributed by atoms with Crippen LogP contribution in [-0.4, -0.2) is 34.4 Å². The molecule has 106 valence electrons. The van der Waals surface area contributed by atoms with Crippen molar-refractivity contribution in [2.24, 2.45) is 0 Å². The average molecular weight is 277 g/mol. The second kappa shape index (κ2) is 5.85. The highest BCUT2D eigenvalue weighted by Gasteiger charge is 2.23. The van der Waals surface area contributed by atoms with Crippen molar-refractivity contribution in [3.05, 3.63) is 46.2 Å². The smallest absolute Gasteiger partial charge is 0.308 e. The minimum absolute atomic E-state index is 0.185. The summed E-state index contributed by atoms with van der Waals surface area (Å²) in [5.41, 5.74) is 0.614. The highest BCUT2D eigenvalue weighted by molar-refractivity contribution is 5.82. The van der Waals surface area contributed by atoms with Gasteiger partial charge in [0.05, 0.1) is 25.2 Å². The number of pyridine rings is 1. The third-order valence-electron chi connectivity index (χ3n) is 3.11. The third-order valence-corrected chi connectivity index (χ3v) is 3.11. The molecule has 2 aromatic rings. The van der Waals surface area contributed by atoms with Crippen LogP contribution in [0.1, 0.15) is 18.1 Å². The van der Waals surface area contributed by atoms with Gasteiger partial charge in [-0.25, -0.2) is 0 Å². The number of aliphatic hydroxyl groups is 2. The van der Waals surface area contributed by atoms with Crippen LogP contribution in [0.5, 0.6) is 0 Å². The van der Waals surface area contributed by atoms with E-state index in [-0.39, 0.29) is 11.8 Å². The number of hydrogen-bond acceptors (Lipinski definition) is 5. The molecule has 0 aliphatic carbocycles. The van der Waals surface area contributed by atoms with Crippen LogP contribution in [0.4, 0.5) is 0 Å². The molecule has 1 heterocycles. The highest BCUT2D eigenvalue weighted by atomic mass is 16.5. The lowest BCUT2D eigenvalue weighted by atomic mass is 9.99. The largest absolute Gasteiger partial charge is 0.469 e. The average Bonchev–Trinajstić information content (AvgIpc) is 2.46. The Labute approximate surface area is 114 Å². The molecule has 1 aromatic heterocycles. The molecule has 0 saturated carbocycles. The number of carbonyl (C=O) groups is 1. The van der Waals surface area contributed by atoms with E-state index in [4.69, 9.17) is 0 Å². The molecule has 0 fully saturated rings. The number of hydrogen-bond donors (Lipinski definition) is 3. The van der Waals surface area contributed by atoms with Crippen LogP contribution in [-0.2, 0) is 9.53 Å². The first kappa shape index (κ1) is 14.2. The van der Waals surface area contributed by atoms with Gasteiger partial charge in [0.1, 0.15) is 6.10 Å². The van der Waals surface area contributed by atoms with E-state index in [1.807, 2.05) is 0 Å². The molecule has 0 saturated heterocycles. The number of para-hydroxylation sites is 1. The first-order valence-corrected chi connectivity index (χ1v) is 6.08. The highest BCUT2D eigenvalue weighted by Crippen LogP contribution is 2.24. The van der Waals surface area contributed by atoms with Crippen LogP contribution in [0, 0.1) is 0 Å². The van der Waals surface area contributed by atoms with Gasteiger partial charge in [0.15, 0.2) is 5.43 Å². The summed E-state index contributed by atoms with van der Waals surface area (Å²) in [5.74, 6) is -0.620.